The molecule has 0 aliphatic carbocycles. The maximum Gasteiger partial charge on any atom is 0.421 e. The van der Waals surface area contributed by atoms with E-state index < -0.39 is 24.7 Å². The van der Waals surface area contributed by atoms with Crippen LogP contribution in [0.2, 0.25) is 0 Å². The van der Waals surface area contributed by atoms with Gasteiger partial charge in [-0.2, -0.15) is 13.2 Å². The Bertz CT molecular complexity index is 863. The molecular formula is C17H19F3N4O2P. The minimum atomic E-state index is -4.62. The van der Waals surface area contributed by atoms with Gasteiger partial charge in [-0.05, 0) is 31.5 Å². The first-order chi connectivity index (χ1) is 12.7. The summed E-state index contributed by atoms with van der Waals surface area (Å²) in [5, 5.41) is 3.12. The van der Waals surface area contributed by atoms with Crippen LogP contribution < -0.4 is 15.5 Å². The highest BCUT2D eigenvalue weighted by Crippen LogP contribution is 2.41. The van der Waals surface area contributed by atoms with Gasteiger partial charge in [0, 0.05) is 30.3 Å². The van der Waals surface area contributed by atoms with E-state index in [1.54, 1.807) is 31.5 Å². The first-order valence-electron chi connectivity index (χ1n) is 8.26. The molecule has 1 aromatic heterocycles. The van der Waals surface area contributed by atoms with Crippen LogP contribution >= 0.6 is 7.14 Å². The lowest BCUT2D eigenvalue weighted by Gasteiger charge is -2.30. The summed E-state index contributed by atoms with van der Waals surface area (Å²) in [7, 11) is -2.78. The van der Waals surface area contributed by atoms with Crippen LogP contribution in [0.1, 0.15) is 5.56 Å². The minimum absolute atomic E-state index is 0.318. The quantitative estimate of drug-likeness (QED) is 0.797. The first-order valence-corrected chi connectivity index (χ1v) is 10.9. The van der Waals surface area contributed by atoms with Crippen LogP contribution in [-0.4, -0.2) is 49.6 Å². The fraction of sp³-hybridized carbons (Fsp3) is 0.412. The molecule has 2 heterocycles. The predicted octanol–water partition coefficient (Wildman–Crippen LogP) is 3.12. The normalized spacial score (nSPS) is 15.7. The number of benzene rings is 1. The molecule has 0 spiro atoms. The largest absolute Gasteiger partial charge is 0.421 e. The van der Waals surface area contributed by atoms with Crippen molar-refractivity contribution in [2.24, 2.45) is 0 Å². The zero-order valence-corrected chi connectivity index (χ0v) is 15.8. The average molecular weight is 399 g/mol. The summed E-state index contributed by atoms with van der Waals surface area (Å²) in [5.74, 6) is -0.425. The van der Waals surface area contributed by atoms with Crippen molar-refractivity contribution in [3.63, 3.8) is 0 Å². The van der Waals surface area contributed by atoms with Crippen molar-refractivity contribution in [1.29, 1.82) is 0 Å². The lowest BCUT2D eigenvalue weighted by atomic mass is 10.2. The van der Waals surface area contributed by atoms with Gasteiger partial charge in [-0.3, -0.25) is 0 Å². The second-order valence-corrected chi connectivity index (χ2v) is 9.69. The summed E-state index contributed by atoms with van der Waals surface area (Å²) in [6, 6.07) is 5.17. The number of halogens is 3. The predicted molar refractivity (Wildman–Crippen MR) is 97.7 cm³/mol. The highest BCUT2D eigenvalue weighted by atomic mass is 31.2. The molecule has 2 aromatic rings. The van der Waals surface area contributed by atoms with E-state index in [2.05, 4.69) is 26.5 Å². The molecule has 0 saturated carbocycles. The summed E-state index contributed by atoms with van der Waals surface area (Å²) in [6.07, 6.45) is -1.79. The molecule has 10 heteroatoms. The Morgan fingerprint density at radius 1 is 1.26 bits per heavy atom. The van der Waals surface area contributed by atoms with Gasteiger partial charge in [-0.25, -0.2) is 9.97 Å². The summed E-state index contributed by atoms with van der Waals surface area (Å²) >= 11 is 0. The van der Waals surface area contributed by atoms with E-state index in [9.17, 15) is 17.7 Å². The van der Waals surface area contributed by atoms with Gasteiger partial charge in [-0.15, -0.1) is 0 Å². The zero-order valence-electron chi connectivity index (χ0n) is 14.9. The number of nitrogens with one attached hydrogen (secondary N) is 1. The van der Waals surface area contributed by atoms with E-state index in [1.807, 2.05) is 0 Å². The molecule has 1 aliphatic heterocycles. The SMILES string of the molecule is CP(C)(=O)c1cc(N2CCOCC2)ccc1Nc1n[c]ncc1C(F)(F)F. The fourth-order valence-electron chi connectivity index (χ4n) is 2.81. The molecule has 1 aromatic carbocycles. The molecule has 1 N–H and O–H groups in total. The molecular weight excluding hydrogens is 380 g/mol. The molecule has 0 bridgehead atoms. The maximum atomic E-state index is 13.2. The third kappa shape index (κ3) is 4.59. The minimum Gasteiger partial charge on any atom is -0.378 e. The topological polar surface area (TPSA) is 67.3 Å². The Morgan fingerprint density at radius 3 is 2.59 bits per heavy atom. The van der Waals surface area contributed by atoms with Crippen molar-refractivity contribution >= 4 is 29.6 Å². The van der Waals surface area contributed by atoms with E-state index >= 15 is 0 Å². The van der Waals surface area contributed by atoms with Crippen molar-refractivity contribution in [1.82, 2.24) is 9.97 Å². The molecule has 0 atom stereocenters. The molecule has 1 radical (unpaired) electrons. The molecule has 1 saturated heterocycles. The Hall–Kier alpha value is -2.12. The smallest absolute Gasteiger partial charge is 0.378 e. The van der Waals surface area contributed by atoms with Gasteiger partial charge in [0.2, 0.25) is 0 Å². The molecule has 6 nitrogen and oxygen atoms in total. The van der Waals surface area contributed by atoms with Crippen LogP contribution in [0, 0.1) is 6.33 Å². The zero-order chi connectivity index (χ0) is 19.7. The van der Waals surface area contributed by atoms with Crippen LogP contribution in [0.5, 0.6) is 0 Å². The first kappa shape index (κ1) is 19.6. The number of aromatic nitrogens is 2. The summed E-state index contributed by atoms with van der Waals surface area (Å²) in [6.45, 7) is 5.74. The van der Waals surface area contributed by atoms with Crippen LogP contribution in [0.3, 0.4) is 0 Å². The number of hydrogen-bond donors (Lipinski definition) is 1. The van der Waals surface area contributed by atoms with Crippen molar-refractivity contribution < 1.29 is 22.5 Å². The van der Waals surface area contributed by atoms with Gasteiger partial charge in [-0.1, -0.05) is 0 Å². The monoisotopic (exact) mass is 399 g/mol. The van der Waals surface area contributed by atoms with Crippen LogP contribution in [0.4, 0.5) is 30.4 Å². The lowest BCUT2D eigenvalue weighted by Crippen LogP contribution is -2.36. The van der Waals surface area contributed by atoms with Gasteiger partial charge in [0.05, 0.1) is 18.9 Å². The van der Waals surface area contributed by atoms with Gasteiger partial charge in [0.1, 0.15) is 18.5 Å². The van der Waals surface area contributed by atoms with E-state index in [0.717, 1.165) is 5.69 Å². The Labute approximate surface area is 155 Å². The highest BCUT2D eigenvalue weighted by Gasteiger charge is 2.35. The Kier molecular flexibility index (Phi) is 5.44. The van der Waals surface area contributed by atoms with E-state index in [0.29, 0.717) is 43.5 Å². The second kappa shape index (κ2) is 7.48. The number of nitrogens with zero attached hydrogens (tertiary/aromatic N) is 3. The summed E-state index contributed by atoms with van der Waals surface area (Å²) < 4.78 is 57.7. The van der Waals surface area contributed by atoms with E-state index in [4.69, 9.17) is 4.74 Å². The second-order valence-electron chi connectivity index (χ2n) is 6.51. The number of morpholine rings is 1. The van der Waals surface area contributed by atoms with Gasteiger partial charge >= 0.3 is 6.18 Å². The molecule has 3 rings (SSSR count). The Balaban J connectivity index is 2.00. The molecule has 0 unspecified atom stereocenters. The molecule has 0 amide bonds. The molecule has 145 valence electrons. The third-order valence-corrected chi connectivity index (χ3v) is 5.69. The van der Waals surface area contributed by atoms with Gasteiger partial charge in [0.15, 0.2) is 6.33 Å². The van der Waals surface area contributed by atoms with E-state index in [1.165, 1.54) is 0 Å². The van der Waals surface area contributed by atoms with Crippen molar-refractivity contribution in [2.75, 3.05) is 49.8 Å². The molecule has 1 fully saturated rings. The number of alkyl halides is 3. The summed E-state index contributed by atoms with van der Waals surface area (Å²) in [4.78, 5) is 9.01. The average Bonchev–Trinajstić information content (AvgIpc) is 2.61. The van der Waals surface area contributed by atoms with Crippen molar-refractivity contribution in [2.45, 2.75) is 6.18 Å². The summed E-state index contributed by atoms with van der Waals surface area (Å²) in [5.41, 5.74) is 0.164. The number of ether oxygens (including phenoxy) is 1. The van der Waals surface area contributed by atoms with Crippen molar-refractivity contribution in [3.8, 4) is 0 Å². The van der Waals surface area contributed by atoms with Gasteiger partial charge in [0.25, 0.3) is 0 Å². The van der Waals surface area contributed by atoms with Crippen LogP contribution in [0.25, 0.3) is 0 Å². The van der Waals surface area contributed by atoms with Crippen LogP contribution in [0.15, 0.2) is 24.4 Å². The van der Waals surface area contributed by atoms with Crippen LogP contribution in [-0.2, 0) is 15.5 Å². The Morgan fingerprint density at radius 2 is 1.96 bits per heavy atom. The molecule has 1 aliphatic rings. The van der Waals surface area contributed by atoms with Gasteiger partial charge < -0.3 is 19.5 Å². The van der Waals surface area contributed by atoms with E-state index in [-0.39, 0.29) is 0 Å². The molecule has 27 heavy (non-hydrogen) atoms. The third-order valence-electron chi connectivity index (χ3n) is 4.16. The fourth-order valence-corrected chi connectivity index (χ4v) is 3.97. The van der Waals surface area contributed by atoms with Crippen molar-refractivity contribution in [3.05, 3.63) is 36.3 Å². The number of hydrogen-bond acceptors (Lipinski definition) is 6. The highest BCUT2D eigenvalue weighted by molar-refractivity contribution is 7.70. The standard InChI is InChI=1S/C17H19F3N4O2P/c1-27(2,25)15-9-12(24-5-7-26-8-6-24)3-4-14(15)23-16-13(17(18,19)20)10-21-11-22-16/h3-4,9-10H,5-8H2,1-2H3,(H,21,22,23). The number of rotatable bonds is 4. The number of anilines is 3. The lowest BCUT2D eigenvalue weighted by molar-refractivity contribution is -0.137. The maximum absolute atomic E-state index is 13.2.